The van der Waals surface area contributed by atoms with Gasteiger partial charge >= 0.3 is 5.97 Å². The fraction of sp³-hybridized carbons (Fsp3) is 0.286. The second-order valence-corrected chi connectivity index (χ2v) is 9.13. The number of carbonyl (C=O) groups is 1. The minimum atomic E-state index is -3.04. The van der Waals surface area contributed by atoms with Crippen LogP contribution in [0.5, 0.6) is 0 Å². The van der Waals surface area contributed by atoms with Crippen LogP contribution in [0.2, 0.25) is 0 Å². The van der Waals surface area contributed by atoms with E-state index >= 15 is 0 Å². The van der Waals surface area contributed by atoms with Gasteiger partial charge < -0.3 is 19.0 Å². The molecule has 0 aliphatic carbocycles. The van der Waals surface area contributed by atoms with Crippen molar-refractivity contribution >= 4 is 25.1 Å². The fourth-order valence-corrected chi connectivity index (χ4v) is 6.51. The van der Waals surface area contributed by atoms with Crippen molar-refractivity contribution in [2.24, 2.45) is 5.92 Å². The number of ether oxygens (including phenoxy) is 1. The lowest BCUT2D eigenvalue weighted by Crippen LogP contribution is -2.30. The summed E-state index contributed by atoms with van der Waals surface area (Å²) in [5.41, 5.74) is 1.84. The normalized spacial score (nSPS) is 16.9. The molecule has 2 aromatic rings. The largest absolute Gasteiger partial charge is 0.466 e. The minimum Gasteiger partial charge on any atom is -0.466 e. The Hall–Kier alpha value is -2.36. The average Bonchev–Trinajstić information content (AvgIpc) is 3.06. The van der Waals surface area contributed by atoms with E-state index in [2.05, 4.69) is 6.58 Å². The van der Waals surface area contributed by atoms with Gasteiger partial charge in [0.05, 0.1) is 12.5 Å². The molecule has 1 radical (unpaired) electrons. The standard InChI is InChI=1S/C21H26N2O3P/c1-4-26-21(24)17(2)18(3)27(25)22(19-11-7-5-8-12-19)15-16-23(27)20-13-9-6-10-14-20/h5-14,17,25H,3-4,15-16H2,1-2H3. The van der Waals surface area contributed by atoms with Crippen molar-refractivity contribution < 1.29 is 14.4 Å². The number of para-hydroxylation sites is 2. The highest BCUT2D eigenvalue weighted by Crippen LogP contribution is 2.73. The lowest BCUT2D eigenvalue weighted by atomic mass is 10.2. The molecule has 1 fully saturated rings. The molecule has 27 heavy (non-hydrogen) atoms. The van der Waals surface area contributed by atoms with Gasteiger partial charge in [-0.25, -0.2) is 0 Å². The van der Waals surface area contributed by atoms with Crippen molar-refractivity contribution in [3.8, 4) is 0 Å². The number of hydrogen-bond donors (Lipinski definition) is 1. The molecule has 5 nitrogen and oxygen atoms in total. The zero-order chi connectivity index (χ0) is 19.4. The number of benzene rings is 2. The Bertz CT molecular complexity index is 750. The van der Waals surface area contributed by atoms with Crippen molar-refractivity contribution in [3.05, 3.63) is 72.6 Å². The number of rotatable bonds is 6. The monoisotopic (exact) mass is 385 g/mol. The molecule has 1 saturated heterocycles. The van der Waals surface area contributed by atoms with Crippen LogP contribution >= 0.6 is 7.79 Å². The minimum absolute atomic E-state index is 0.304. The van der Waals surface area contributed by atoms with Crippen LogP contribution < -0.4 is 9.34 Å². The van der Waals surface area contributed by atoms with E-state index in [9.17, 15) is 9.69 Å². The van der Waals surface area contributed by atoms with Gasteiger partial charge in [-0.2, -0.15) is 0 Å². The molecule has 0 saturated carbocycles. The molecule has 1 heterocycles. The van der Waals surface area contributed by atoms with Crippen LogP contribution in [0.4, 0.5) is 11.4 Å². The van der Waals surface area contributed by atoms with Crippen LogP contribution in [-0.2, 0) is 9.53 Å². The summed E-state index contributed by atoms with van der Waals surface area (Å²) in [5.74, 6) is -0.956. The zero-order valence-electron chi connectivity index (χ0n) is 15.8. The van der Waals surface area contributed by atoms with Crippen molar-refractivity contribution in [3.63, 3.8) is 0 Å². The lowest BCUT2D eigenvalue weighted by molar-refractivity contribution is -0.145. The molecule has 0 amide bonds. The number of esters is 1. The first-order valence-corrected chi connectivity index (χ1v) is 10.8. The maximum atomic E-state index is 12.4. The average molecular weight is 385 g/mol. The van der Waals surface area contributed by atoms with E-state index in [0.29, 0.717) is 25.0 Å². The molecule has 1 atom stereocenters. The molecule has 0 aromatic heterocycles. The predicted molar refractivity (Wildman–Crippen MR) is 112 cm³/mol. The van der Waals surface area contributed by atoms with Gasteiger partial charge in [0.2, 0.25) is 0 Å². The number of carbonyl (C=O) groups excluding carboxylic acids is 1. The molecule has 0 spiro atoms. The predicted octanol–water partition coefficient (Wildman–Crippen LogP) is 4.48. The molecule has 0 bridgehead atoms. The van der Waals surface area contributed by atoms with E-state index in [0.717, 1.165) is 11.4 Å². The van der Waals surface area contributed by atoms with Crippen molar-refractivity contribution in [1.29, 1.82) is 0 Å². The first-order chi connectivity index (χ1) is 13.0. The molecule has 2 aromatic carbocycles. The molecule has 143 valence electrons. The first-order valence-electron chi connectivity index (χ1n) is 9.14. The van der Waals surface area contributed by atoms with E-state index in [-0.39, 0.29) is 5.97 Å². The number of hydrogen-bond acceptors (Lipinski definition) is 5. The second-order valence-electron chi connectivity index (χ2n) is 6.45. The van der Waals surface area contributed by atoms with Crippen LogP contribution in [0, 0.1) is 5.92 Å². The van der Waals surface area contributed by atoms with Crippen LogP contribution in [-0.4, -0.2) is 30.6 Å². The molecule has 1 aliphatic heterocycles. The number of nitrogens with zero attached hydrogens (tertiary/aromatic N) is 2. The van der Waals surface area contributed by atoms with E-state index < -0.39 is 13.7 Å². The van der Waals surface area contributed by atoms with Crippen LogP contribution in [0.3, 0.4) is 0 Å². The molecule has 1 N–H and O–H groups in total. The Kier molecular flexibility index (Phi) is 5.83. The Labute approximate surface area is 161 Å². The lowest BCUT2D eigenvalue weighted by Gasteiger charge is -2.44. The third-order valence-corrected chi connectivity index (χ3v) is 8.20. The molecule has 1 unspecified atom stereocenters. The zero-order valence-corrected chi connectivity index (χ0v) is 16.7. The van der Waals surface area contributed by atoms with Gasteiger partial charge in [-0.1, -0.05) is 43.0 Å². The maximum absolute atomic E-state index is 12.4. The molecular formula is C21H26N2O3P. The van der Waals surface area contributed by atoms with Crippen LogP contribution in [0.1, 0.15) is 13.8 Å². The van der Waals surface area contributed by atoms with E-state index in [1.165, 1.54) is 0 Å². The van der Waals surface area contributed by atoms with E-state index in [1.54, 1.807) is 13.8 Å². The molecule has 6 heteroatoms. The van der Waals surface area contributed by atoms with Gasteiger partial charge in [0, 0.05) is 29.8 Å². The van der Waals surface area contributed by atoms with Gasteiger partial charge in [-0.15, -0.1) is 0 Å². The highest BCUT2D eigenvalue weighted by atomic mass is 31.2. The van der Waals surface area contributed by atoms with E-state index in [1.807, 2.05) is 70.0 Å². The third-order valence-electron chi connectivity index (χ3n) is 4.83. The Balaban J connectivity index is 2.04. The summed E-state index contributed by atoms with van der Waals surface area (Å²) >= 11 is 0. The molecule has 1 aliphatic rings. The van der Waals surface area contributed by atoms with E-state index in [4.69, 9.17) is 4.74 Å². The fourth-order valence-electron chi connectivity index (χ4n) is 3.35. The maximum Gasteiger partial charge on any atom is 0.313 e. The summed E-state index contributed by atoms with van der Waals surface area (Å²) in [6.45, 7) is 9.31. The molecular weight excluding hydrogens is 359 g/mol. The first kappa shape index (κ1) is 19.4. The SMILES string of the molecule is C=C(C(C)C(=O)OCC)[P]1(O)N(c2ccccc2)CCN1c1ccccc1. The topological polar surface area (TPSA) is 53.0 Å². The Morgan fingerprint density at radius 3 is 1.93 bits per heavy atom. The van der Waals surface area contributed by atoms with Crippen molar-refractivity contribution in [1.82, 2.24) is 0 Å². The summed E-state index contributed by atoms with van der Waals surface area (Å²) in [6, 6.07) is 19.6. The second kappa shape index (κ2) is 8.12. The third kappa shape index (κ3) is 3.58. The van der Waals surface area contributed by atoms with Crippen LogP contribution in [0.25, 0.3) is 0 Å². The Morgan fingerprint density at radius 2 is 1.52 bits per heavy atom. The highest BCUT2D eigenvalue weighted by molar-refractivity contribution is 7.77. The summed E-state index contributed by atoms with van der Waals surface area (Å²) < 4.78 is 9.18. The summed E-state index contributed by atoms with van der Waals surface area (Å²) in [6.07, 6.45) is 0. The summed E-state index contributed by atoms with van der Waals surface area (Å²) in [5, 5.41) is 0.506. The summed E-state index contributed by atoms with van der Waals surface area (Å²) in [4.78, 5) is 24.4. The van der Waals surface area contributed by atoms with Gasteiger partial charge in [0.1, 0.15) is 0 Å². The van der Waals surface area contributed by atoms with Gasteiger partial charge in [-0.05, 0) is 38.1 Å². The van der Waals surface area contributed by atoms with Gasteiger partial charge in [0.25, 0.3) is 0 Å². The van der Waals surface area contributed by atoms with Crippen LogP contribution in [0.15, 0.2) is 72.6 Å². The number of anilines is 2. The summed E-state index contributed by atoms with van der Waals surface area (Å²) in [7, 11) is -3.04. The quantitative estimate of drug-likeness (QED) is 0.587. The van der Waals surface area contributed by atoms with Crippen molar-refractivity contribution in [2.45, 2.75) is 13.8 Å². The smallest absolute Gasteiger partial charge is 0.313 e. The Morgan fingerprint density at radius 1 is 1.07 bits per heavy atom. The van der Waals surface area contributed by atoms with Gasteiger partial charge in [-0.3, -0.25) is 4.79 Å². The van der Waals surface area contributed by atoms with Gasteiger partial charge in [0.15, 0.2) is 7.79 Å². The molecule has 3 rings (SSSR count). The van der Waals surface area contributed by atoms with Crippen molar-refractivity contribution in [2.75, 3.05) is 29.0 Å². The highest BCUT2D eigenvalue weighted by Gasteiger charge is 2.49.